The first-order valence-corrected chi connectivity index (χ1v) is 4.79. The zero-order valence-corrected chi connectivity index (χ0v) is 8.54. The summed E-state index contributed by atoms with van der Waals surface area (Å²) in [5, 5.41) is 18.2. The molecular weight excluding hydrogens is 204 g/mol. The number of hydrogen-bond acceptors (Lipinski definition) is 6. The molecule has 2 rings (SSSR count). The first-order chi connectivity index (χ1) is 6.94. The van der Waals surface area contributed by atoms with Crippen molar-refractivity contribution in [2.75, 3.05) is 6.61 Å². The van der Waals surface area contributed by atoms with Crippen LogP contribution in [0.1, 0.15) is 13.8 Å². The quantitative estimate of drug-likeness (QED) is 0.565. The number of esters is 1. The number of aliphatic hydroxyl groups excluding tert-OH is 2. The fraction of sp³-hybridized carbons (Fsp3) is 0.889. The van der Waals surface area contributed by atoms with Crippen molar-refractivity contribution < 1.29 is 29.2 Å². The molecule has 0 radical (unpaired) electrons. The van der Waals surface area contributed by atoms with E-state index >= 15 is 0 Å². The van der Waals surface area contributed by atoms with Crippen molar-refractivity contribution in [1.29, 1.82) is 0 Å². The standard InChI is InChI=1S/C9H14O6/c1-9(2)14-6-5(4(11)3-10)13-8(12)7(6)15-9/h4-7,10-11H,3H2,1-2H3/t4?,5-,6+,7+/m0/s1. The van der Waals surface area contributed by atoms with Gasteiger partial charge >= 0.3 is 5.97 Å². The van der Waals surface area contributed by atoms with Gasteiger partial charge in [-0.15, -0.1) is 0 Å². The first-order valence-electron chi connectivity index (χ1n) is 4.79. The SMILES string of the molecule is CC1(C)O[C@H]2[C@@H](O1)C(=O)O[C@H]2C(O)CO. The minimum atomic E-state index is -1.14. The first kappa shape index (κ1) is 10.8. The normalized spacial score (nSPS) is 40.0. The lowest BCUT2D eigenvalue weighted by molar-refractivity contribution is -0.195. The summed E-state index contributed by atoms with van der Waals surface area (Å²) in [5.41, 5.74) is 0. The molecule has 15 heavy (non-hydrogen) atoms. The minimum absolute atomic E-state index is 0.481. The molecule has 2 N–H and O–H groups in total. The summed E-state index contributed by atoms with van der Waals surface area (Å²) < 4.78 is 15.6. The van der Waals surface area contributed by atoms with Gasteiger partial charge in [-0.1, -0.05) is 0 Å². The minimum Gasteiger partial charge on any atom is -0.455 e. The highest BCUT2D eigenvalue weighted by molar-refractivity contribution is 5.78. The maximum Gasteiger partial charge on any atom is 0.338 e. The van der Waals surface area contributed by atoms with Gasteiger partial charge in [-0.2, -0.15) is 0 Å². The second-order valence-corrected chi connectivity index (χ2v) is 4.17. The Labute approximate surface area is 86.7 Å². The predicted octanol–water partition coefficient (Wildman–Crippen LogP) is -1.21. The smallest absolute Gasteiger partial charge is 0.338 e. The number of hydrogen-bond donors (Lipinski definition) is 2. The van der Waals surface area contributed by atoms with Crippen LogP contribution in [0.25, 0.3) is 0 Å². The van der Waals surface area contributed by atoms with Crippen LogP contribution in [0.15, 0.2) is 0 Å². The van der Waals surface area contributed by atoms with Crippen LogP contribution < -0.4 is 0 Å². The summed E-state index contributed by atoms with van der Waals surface area (Å²) in [6, 6.07) is 0. The van der Waals surface area contributed by atoms with Crippen LogP contribution in [0, 0.1) is 0 Å². The van der Waals surface area contributed by atoms with E-state index in [-0.39, 0.29) is 0 Å². The fourth-order valence-electron chi connectivity index (χ4n) is 1.88. The lowest BCUT2D eigenvalue weighted by atomic mass is 10.1. The van der Waals surface area contributed by atoms with Crippen LogP contribution in [-0.2, 0) is 19.0 Å². The van der Waals surface area contributed by atoms with E-state index in [2.05, 4.69) is 0 Å². The molecule has 1 unspecified atom stereocenters. The Morgan fingerprint density at radius 3 is 2.73 bits per heavy atom. The van der Waals surface area contributed by atoms with E-state index in [1.54, 1.807) is 13.8 Å². The Morgan fingerprint density at radius 1 is 1.47 bits per heavy atom. The van der Waals surface area contributed by atoms with Crippen LogP contribution in [0.5, 0.6) is 0 Å². The third-order valence-corrected chi connectivity index (χ3v) is 2.50. The van der Waals surface area contributed by atoms with Crippen LogP contribution in [-0.4, -0.2) is 53.0 Å². The van der Waals surface area contributed by atoms with Crippen LogP contribution in [0.4, 0.5) is 0 Å². The molecule has 0 saturated carbocycles. The van der Waals surface area contributed by atoms with Gasteiger partial charge in [0, 0.05) is 0 Å². The third-order valence-electron chi connectivity index (χ3n) is 2.50. The Kier molecular flexibility index (Phi) is 2.46. The summed E-state index contributed by atoms with van der Waals surface area (Å²) in [5.74, 6) is -1.41. The van der Waals surface area contributed by atoms with Crippen molar-refractivity contribution in [2.24, 2.45) is 0 Å². The molecule has 2 fully saturated rings. The number of fused-ring (bicyclic) bond motifs is 1. The van der Waals surface area contributed by atoms with E-state index in [1.165, 1.54) is 0 Å². The summed E-state index contributed by atoms with van der Waals surface area (Å²) in [6.07, 6.45) is -3.43. The molecule has 0 spiro atoms. The zero-order chi connectivity index (χ0) is 11.2. The van der Waals surface area contributed by atoms with E-state index < -0.39 is 42.8 Å². The van der Waals surface area contributed by atoms with Gasteiger partial charge in [0.2, 0.25) is 0 Å². The lowest BCUT2D eigenvalue weighted by Gasteiger charge is -2.23. The zero-order valence-electron chi connectivity index (χ0n) is 8.54. The van der Waals surface area contributed by atoms with E-state index in [4.69, 9.17) is 19.3 Å². The van der Waals surface area contributed by atoms with Crippen molar-refractivity contribution in [2.45, 2.75) is 44.1 Å². The molecule has 2 heterocycles. The molecular formula is C9H14O6. The Balaban J connectivity index is 2.16. The van der Waals surface area contributed by atoms with Gasteiger partial charge in [-0.25, -0.2) is 4.79 Å². The van der Waals surface area contributed by atoms with Gasteiger partial charge in [-0.05, 0) is 13.8 Å². The van der Waals surface area contributed by atoms with Gasteiger partial charge in [0.25, 0.3) is 0 Å². The van der Waals surface area contributed by atoms with Crippen LogP contribution >= 0.6 is 0 Å². The molecule has 6 nitrogen and oxygen atoms in total. The van der Waals surface area contributed by atoms with Crippen molar-refractivity contribution in [3.63, 3.8) is 0 Å². The van der Waals surface area contributed by atoms with Crippen molar-refractivity contribution in [1.82, 2.24) is 0 Å². The Hall–Kier alpha value is -0.690. The summed E-state index contributed by atoms with van der Waals surface area (Å²) in [4.78, 5) is 11.4. The molecule has 2 aliphatic rings. The molecule has 86 valence electrons. The molecule has 0 bridgehead atoms. The van der Waals surface area contributed by atoms with Crippen molar-refractivity contribution in [3.8, 4) is 0 Å². The Morgan fingerprint density at radius 2 is 2.13 bits per heavy atom. The highest BCUT2D eigenvalue weighted by atomic mass is 16.8. The van der Waals surface area contributed by atoms with E-state index in [9.17, 15) is 9.90 Å². The predicted molar refractivity (Wildman–Crippen MR) is 46.8 cm³/mol. The highest BCUT2D eigenvalue weighted by Crippen LogP contribution is 2.36. The number of ether oxygens (including phenoxy) is 3. The van der Waals surface area contributed by atoms with Gasteiger partial charge in [0.1, 0.15) is 12.2 Å². The van der Waals surface area contributed by atoms with Crippen molar-refractivity contribution >= 4 is 5.97 Å². The molecule has 0 aromatic rings. The largest absolute Gasteiger partial charge is 0.455 e. The number of carbonyl (C=O) groups excluding carboxylic acids is 1. The maximum absolute atomic E-state index is 11.4. The van der Waals surface area contributed by atoms with Crippen LogP contribution in [0.2, 0.25) is 0 Å². The molecule has 2 saturated heterocycles. The van der Waals surface area contributed by atoms with E-state index in [0.717, 1.165) is 0 Å². The highest BCUT2D eigenvalue weighted by Gasteiger charge is 2.57. The summed E-state index contributed by atoms with van der Waals surface area (Å²) in [6.45, 7) is 2.88. The molecule has 0 aromatic carbocycles. The number of rotatable bonds is 2. The van der Waals surface area contributed by atoms with Gasteiger partial charge in [-0.3, -0.25) is 0 Å². The van der Waals surface area contributed by atoms with E-state index in [1.807, 2.05) is 0 Å². The van der Waals surface area contributed by atoms with Gasteiger partial charge in [0.15, 0.2) is 18.0 Å². The third kappa shape index (κ3) is 1.74. The average Bonchev–Trinajstić information content (AvgIpc) is 2.61. The average molecular weight is 218 g/mol. The summed E-state index contributed by atoms with van der Waals surface area (Å²) >= 11 is 0. The second-order valence-electron chi connectivity index (χ2n) is 4.17. The number of aliphatic hydroxyl groups is 2. The summed E-state index contributed by atoms with van der Waals surface area (Å²) in [7, 11) is 0. The van der Waals surface area contributed by atoms with Crippen molar-refractivity contribution in [3.05, 3.63) is 0 Å². The monoisotopic (exact) mass is 218 g/mol. The lowest BCUT2D eigenvalue weighted by Crippen LogP contribution is -2.40. The number of cyclic esters (lactones) is 1. The topological polar surface area (TPSA) is 85.2 Å². The maximum atomic E-state index is 11.4. The van der Waals surface area contributed by atoms with Gasteiger partial charge < -0.3 is 24.4 Å². The van der Waals surface area contributed by atoms with Gasteiger partial charge in [0.05, 0.1) is 6.61 Å². The molecule has 0 aromatic heterocycles. The molecule has 0 amide bonds. The second kappa shape index (κ2) is 3.41. The molecule has 4 atom stereocenters. The number of carbonyl (C=O) groups is 1. The molecule has 6 heteroatoms. The molecule has 0 aliphatic carbocycles. The molecule has 2 aliphatic heterocycles. The Bertz CT molecular complexity index is 276. The van der Waals surface area contributed by atoms with E-state index in [0.29, 0.717) is 0 Å². The fourth-order valence-corrected chi connectivity index (χ4v) is 1.88. The van der Waals surface area contributed by atoms with Crippen LogP contribution in [0.3, 0.4) is 0 Å².